The molecule has 1 amide bonds. The van der Waals surface area contributed by atoms with Gasteiger partial charge in [0.15, 0.2) is 5.75 Å². The van der Waals surface area contributed by atoms with Crippen molar-refractivity contribution >= 4 is 27.3 Å². The van der Waals surface area contributed by atoms with E-state index < -0.39 is 15.9 Å². The van der Waals surface area contributed by atoms with Crippen molar-refractivity contribution in [2.24, 2.45) is 0 Å². The Hall–Kier alpha value is -3.36. The van der Waals surface area contributed by atoms with Crippen molar-refractivity contribution in [3.05, 3.63) is 77.4 Å². The van der Waals surface area contributed by atoms with E-state index >= 15 is 0 Å². The molecule has 3 aromatic rings. The summed E-state index contributed by atoms with van der Waals surface area (Å²) in [7, 11) is -3.84. The highest BCUT2D eigenvalue weighted by molar-refractivity contribution is 7.89. The van der Waals surface area contributed by atoms with Gasteiger partial charge in [-0.3, -0.25) is 4.79 Å². The number of carbonyl (C=O) groups excluding carboxylic acids is 1. The van der Waals surface area contributed by atoms with Gasteiger partial charge >= 0.3 is 0 Å². The van der Waals surface area contributed by atoms with E-state index in [0.717, 1.165) is 6.42 Å². The van der Waals surface area contributed by atoms with Crippen LogP contribution >= 0.6 is 0 Å². The molecule has 0 saturated heterocycles. The summed E-state index contributed by atoms with van der Waals surface area (Å²) in [6.07, 6.45) is 0.808. The monoisotopic (exact) mass is 477 g/mol. The lowest BCUT2D eigenvalue weighted by molar-refractivity contribution is 0.102. The van der Waals surface area contributed by atoms with Gasteiger partial charge in [-0.1, -0.05) is 50.2 Å². The molecule has 0 aliphatic carbocycles. The van der Waals surface area contributed by atoms with Crippen molar-refractivity contribution in [2.75, 3.05) is 29.9 Å². The van der Waals surface area contributed by atoms with Gasteiger partial charge in [0.2, 0.25) is 10.0 Å². The Labute approximate surface area is 200 Å². The van der Waals surface area contributed by atoms with Crippen LogP contribution in [0.5, 0.6) is 11.5 Å². The third kappa shape index (κ3) is 3.82. The lowest BCUT2D eigenvalue weighted by atomic mass is 9.99. The summed E-state index contributed by atoms with van der Waals surface area (Å²) >= 11 is 0. The minimum atomic E-state index is -3.84. The van der Waals surface area contributed by atoms with Gasteiger partial charge in [-0.25, -0.2) is 8.42 Å². The zero-order valence-corrected chi connectivity index (χ0v) is 20.1. The van der Waals surface area contributed by atoms with Gasteiger partial charge in [-0.2, -0.15) is 4.31 Å². The normalized spacial score (nSPS) is 15.0. The molecule has 0 saturated carbocycles. The Morgan fingerprint density at radius 1 is 0.971 bits per heavy atom. The van der Waals surface area contributed by atoms with E-state index in [2.05, 4.69) is 22.3 Å². The maximum absolute atomic E-state index is 13.7. The first-order valence-corrected chi connectivity index (χ1v) is 12.9. The molecule has 0 unspecified atom stereocenters. The summed E-state index contributed by atoms with van der Waals surface area (Å²) in [6, 6.07) is 18.6. The van der Waals surface area contributed by atoms with E-state index in [0.29, 0.717) is 49.1 Å². The van der Waals surface area contributed by atoms with Gasteiger partial charge in [0.1, 0.15) is 10.6 Å². The first-order valence-electron chi connectivity index (χ1n) is 11.5. The van der Waals surface area contributed by atoms with Crippen LogP contribution in [0.4, 0.5) is 11.4 Å². The molecule has 1 N–H and O–H groups in total. The zero-order valence-electron chi connectivity index (χ0n) is 19.2. The van der Waals surface area contributed by atoms with Crippen molar-refractivity contribution in [1.29, 1.82) is 0 Å². The molecule has 176 valence electrons. The van der Waals surface area contributed by atoms with E-state index in [1.54, 1.807) is 18.2 Å². The second kappa shape index (κ2) is 8.77. The lowest BCUT2D eigenvalue weighted by Crippen LogP contribution is -2.35. The highest BCUT2D eigenvalue weighted by atomic mass is 32.2. The number of hydrogen-bond acceptors (Lipinski definition) is 5. The van der Waals surface area contributed by atoms with Crippen LogP contribution in [0.1, 0.15) is 35.3 Å². The second-order valence-electron chi connectivity index (χ2n) is 8.40. The van der Waals surface area contributed by atoms with Crippen LogP contribution in [0.25, 0.3) is 0 Å². The van der Waals surface area contributed by atoms with Crippen LogP contribution < -0.4 is 15.0 Å². The number of anilines is 2. The standard InChI is InChI=1S/C26H27N3O4S/c1-3-29(4-2)34(31,32)25-15-20-24(33-23-12-8-7-11-21(23)27-26(20)30)16-22(25)28-14-13-18-9-5-6-10-19(18)17-28/h5-12,15-16H,3-4,13-14,17H2,1-2H3,(H,27,30). The Kier molecular flexibility index (Phi) is 5.79. The quantitative estimate of drug-likeness (QED) is 0.579. The molecule has 2 aliphatic heterocycles. The summed E-state index contributed by atoms with van der Waals surface area (Å²) < 4.78 is 35.0. The number of hydrogen-bond donors (Lipinski definition) is 1. The molecule has 8 heteroatoms. The van der Waals surface area contributed by atoms with Crippen molar-refractivity contribution in [2.45, 2.75) is 31.7 Å². The first-order chi connectivity index (χ1) is 16.4. The molecule has 0 bridgehead atoms. The molecular weight excluding hydrogens is 450 g/mol. The molecule has 0 atom stereocenters. The van der Waals surface area contributed by atoms with E-state index in [1.807, 2.05) is 38.1 Å². The van der Waals surface area contributed by atoms with Crippen molar-refractivity contribution in [1.82, 2.24) is 4.31 Å². The van der Waals surface area contributed by atoms with Crippen molar-refractivity contribution < 1.29 is 17.9 Å². The fourth-order valence-corrected chi connectivity index (χ4v) is 6.31. The van der Waals surface area contributed by atoms with E-state index in [1.165, 1.54) is 21.5 Å². The number of ether oxygens (including phenoxy) is 1. The minimum absolute atomic E-state index is 0.124. The molecular formula is C26H27N3O4S. The molecule has 5 rings (SSSR count). The highest BCUT2D eigenvalue weighted by Gasteiger charge is 2.32. The zero-order chi connectivity index (χ0) is 23.9. The van der Waals surface area contributed by atoms with Crippen LogP contribution in [0.3, 0.4) is 0 Å². The molecule has 7 nitrogen and oxygen atoms in total. The molecule has 0 aromatic heterocycles. The second-order valence-corrected chi connectivity index (χ2v) is 10.3. The molecule has 2 aliphatic rings. The Morgan fingerprint density at radius 2 is 1.68 bits per heavy atom. The summed E-state index contributed by atoms with van der Waals surface area (Å²) in [4.78, 5) is 15.3. The van der Waals surface area contributed by atoms with E-state index in [9.17, 15) is 13.2 Å². The summed E-state index contributed by atoms with van der Waals surface area (Å²) in [6.45, 7) is 5.55. The van der Waals surface area contributed by atoms with Crippen LogP contribution in [0.2, 0.25) is 0 Å². The number of amides is 1. The van der Waals surface area contributed by atoms with Gasteiger partial charge in [-0.05, 0) is 35.7 Å². The molecule has 2 heterocycles. The number of rotatable bonds is 5. The predicted molar refractivity (Wildman–Crippen MR) is 132 cm³/mol. The molecule has 0 radical (unpaired) electrons. The summed E-state index contributed by atoms with van der Waals surface area (Å²) in [5.74, 6) is 0.463. The van der Waals surface area contributed by atoms with Crippen LogP contribution in [-0.2, 0) is 23.0 Å². The van der Waals surface area contributed by atoms with Gasteiger partial charge in [0.25, 0.3) is 5.91 Å². The molecule has 3 aromatic carbocycles. The Bertz CT molecular complexity index is 1370. The number of para-hydroxylation sites is 2. The van der Waals surface area contributed by atoms with Crippen LogP contribution in [0, 0.1) is 0 Å². The summed E-state index contributed by atoms with van der Waals surface area (Å²) in [5.41, 5.74) is 3.73. The maximum Gasteiger partial charge on any atom is 0.259 e. The average Bonchev–Trinajstić information content (AvgIpc) is 2.98. The SMILES string of the molecule is CCN(CC)S(=O)(=O)c1cc2c(cc1N1CCc3ccccc3C1)Oc1ccccc1NC2=O. The topological polar surface area (TPSA) is 79.0 Å². The van der Waals surface area contributed by atoms with Crippen LogP contribution in [0.15, 0.2) is 65.6 Å². The number of nitrogens with zero attached hydrogens (tertiary/aromatic N) is 2. The molecule has 0 spiro atoms. The average molecular weight is 478 g/mol. The lowest BCUT2D eigenvalue weighted by Gasteiger charge is -2.33. The smallest absolute Gasteiger partial charge is 0.259 e. The minimum Gasteiger partial charge on any atom is -0.454 e. The fraction of sp³-hybridized carbons (Fsp3) is 0.269. The fourth-order valence-electron chi connectivity index (χ4n) is 4.64. The number of fused-ring (bicyclic) bond motifs is 3. The maximum atomic E-state index is 13.7. The Balaban J connectivity index is 1.68. The number of nitrogens with one attached hydrogen (secondary N) is 1. The third-order valence-electron chi connectivity index (χ3n) is 6.46. The van der Waals surface area contributed by atoms with Gasteiger partial charge in [-0.15, -0.1) is 0 Å². The van der Waals surface area contributed by atoms with Crippen molar-refractivity contribution in [3.8, 4) is 11.5 Å². The van der Waals surface area contributed by atoms with Gasteiger partial charge in [0.05, 0.1) is 16.9 Å². The first kappa shape index (κ1) is 22.4. The largest absolute Gasteiger partial charge is 0.454 e. The van der Waals surface area contributed by atoms with Crippen molar-refractivity contribution in [3.63, 3.8) is 0 Å². The van der Waals surface area contributed by atoms with E-state index in [4.69, 9.17) is 4.74 Å². The number of benzene rings is 3. The van der Waals surface area contributed by atoms with Crippen LogP contribution in [-0.4, -0.2) is 38.3 Å². The summed E-state index contributed by atoms with van der Waals surface area (Å²) in [5, 5.41) is 2.84. The molecule has 0 fully saturated rings. The highest BCUT2D eigenvalue weighted by Crippen LogP contribution is 2.42. The number of sulfonamides is 1. The molecule has 34 heavy (non-hydrogen) atoms. The van der Waals surface area contributed by atoms with E-state index in [-0.39, 0.29) is 10.5 Å². The number of carbonyl (C=O) groups is 1. The third-order valence-corrected chi connectivity index (χ3v) is 8.53. The predicted octanol–water partition coefficient (Wildman–Crippen LogP) is 4.64. The Morgan fingerprint density at radius 3 is 2.44 bits per heavy atom. The van der Waals surface area contributed by atoms with Gasteiger partial charge < -0.3 is 15.0 Å². The van der Waals surface area contributed by atoms with Gasteiger partial charge in [0, 0.05) is 32.2 Å².